The summed E-state index contributed by atoms with van der Waals surface area (Å²) < 4.78 is 4.94. The zero-order valence-electron chi connectivity index (χ0n) is 10.4. The third-order valence-electron chi connectivity index (χ3n) is 3.24. The Morgan fingerprint density at radius 1 is 1.41 bits per heavy atom. The van der Waals surface area contributed by atoms with E-state index in [-0.39, 0.29) is 5.97 Å². The number of hydrogen-bond donors (Lipinski definition) is 0. The molecule has 0 N–H and O–H groups in total. The molecule has 0 atom stereocenters. The number of aromatic nitrogens is 1. The van der Waals surface area contributed by atoms with Crippen molar-refractivity contribution in [3.05, 3.63) is 29.1 Å². The number of pyridine rings is 1. The third kappa shape index (κ3) is 3.05. The van der Waals surface area contributed by atoms with E-state index >= 15 is 0 Å². The number of fused-ring (bicyclic) bond motifs is 1. The molecule has 2 rings (SSSR count). The summed E-state index contributed by atoms with van der Waals surface area (Å²) in [5, 5.41) is 0. The Balaban J connectivity index is 2.03. The highest BCUT2D eigenvalue weighted by atomic mass is 16.5. The summed E-state index contributed by atoms with van der Waals surface area (Å²) >= 11 is 0. The zero-order chi connectivity index (χ0) is 12.1. The highest BCUT2D eigenvalue weighted by molar-refractivity contribution is 5.69. The van der Waals surface area contributed by atoms with Crippen molar-refractivity contribution in [2.75, 3.05) is 6.61 Å². The van der Waals surface area contributed by atoms with Gasteiger partial charge in [-0.25, -0.2) is 0 Å². The first-order chi connectivity index (χ1) is 8.31. The fraction of sp³-hybridized carbons (Fsp3) is 0.571. The minimum Gasteiger partial charge on any atom is -0.466 e. The van der Waals surface area contributed by atoms with Gasteiger partial charge in [-0.3, -0.25) is 9.78 Å². The standard InChI is InChI=1S/C14H19NO2/c1-2-17-14(16)8-7-13-12-6-4-3-5-11(12)9-10-15-13/h9-10H,2-8H2,1H3. The minimum atomic E-state index is -0.122. The molecule has 1 aromatic heterocycles. The van der Waals surface area contributed by atoms with Crippen molar-refractivity contribution < 1.29 is 9.53 Å². The lowest BCUT2D eigenvalue weighted by Crippen LogP contribution is -2.11. The van der Waals surface area contributed by atoms with Crippen LogP contribution in [0, 0.1) is 0 Å². The Kier molecular flexibility index (Phi) is 4.13. The van der Waals surface area contributed by atoms with Gasteiger partial charge in [0.15, 0.2) is 0 Å². The number of esters is 1. The van der Waals surface area contributed by atoms with E-state index in [4.69, 9.17) is 4.74 Å². The summed E-state index contributed by atoms with van der Waals surface area (Å²) in [6, 6.07) is 2.11. The molecule has 1 heterocycles. The van der Waals surface area contributed by atoms with Gasteiger partial charge in [0.1, 0.15) is 0 Å². The first-order valence-electron chi connectivity index (χ1n) is 6.42. The van der Waals surface area contributed by atoms with Gasteiger partial charge in [0, 0.05) is 18.3 Å². The lowest BCUT2D eigenvalue weighted by molar-refractivity contribution is -0.143. The molecule has 92 valence electrons. The number of nitrogens with zero attached hydrogens (tertiary/aromatic N) is 1. The average molecular weight is 233 g/mol. The summed E-state index contributed by atoms with van der Waals surface area (Å²) in [5.41, 5.74) is 3.89. The summed E-state index contributed by atoms with van der Waals surface area (Å²) in [7, 11) is 0. The maximum Gasteiger partial charge on any atom is 0.306 e. The first kappa shape index (κ1) is 12.1. The molecule has 0 aliphatic heterocycles. The highest BCUT2D eigenvalue weighted by Crippen LogP contribution is 2.23. The van der Waals surface area contributed by atoms with Crippen LogP contribution in [0.15, 0.2) is 12.3 Å². The fourth-order valence-corrected chi connectivity index (χ4v) is 2.41. The van der Waals surface area contributed by atoms with Crippen LogP contribution in [0.25, 0.3) is 0 Å². The zero-order valence-corrected chi connectivity index (χ0v) is 10.4. The van der Waals surface area contributed by atoms with Gasteiger partial charge in [-0.2, -0.15) is 0 Å². The van der Waals surface area contributed by atoms with Crippen molar-refractivity contribution in [2.45, 2.75) is 45.4 Å². The predicted molar refractivity (Wildman–Crippen MR) is 65.8 cm³/mol. The van der Waals surface area contributed by atoms with Crippen LogP contribution in [0.3, 0.4) is 0 Å². The van der Waals surface area contributed by atoms with E-state index in [2.05, 4.69) is 11.1 Å². The molecule has 0 fully saturated rings. The normalized spacial score (nSPS) is 14.2. The van der Waals surface area contributed by atoms with Crippen molar-refractivity contribution >= 4 is 5.97 Å². The molecule has 0 amide bonds. The van der Waals surface area contributed by atoms with Crippen molar-refractivity contribution in [1.29, 1.82) is 0 Å². The number of carbonyl (C=O) groups is 1. The van der Waals surface area contributed by atoms with E-state index in [1.165, 1.54) is 24.0 Å². The Bertz CT molecular complexity index is 401. The van der Waals surface area contributed by atoms with Crippen LogP contribution in [0.4, 0.5) is 0 Å². The summed E-state index contributed by atoms with van der Waals surface area (Å²) in [4.78, 5) is 15.8. The molecule has 0 spiro atoms. The fourth-order valence-electron chi connectivity index (χ4n) is 2.41. The van der Waals surface area contributed by atoms with Crippen LogP contribution in [0.5, 0.6) is 0 Å². The summed E-state index contributed by atoms with van der Waals surface area (Å²) in [5.74, 6) is -0.122. The second-order valence-electron chi connectivity index (χ2n) is 4.41. The molecule has 3 heteroatoms. The van der Waals surface area contributed by atoms with Gasteiger partial charge in [0.05, 0.1) is 13.0 Å². The minimum absolute atomic E-state index is 0.122. The number of aryl methyl sites for hydroxylation is 2. The SMILES string of the molecule is CCOC(=O)CCc1nccc2c1CCCC2. The van der Waals surface area contributed by atoms with Crippen LogP contribution in [0.1, 0.15) is 43.0 Å². The summed E-state index contributed by atoms with van der Waals surface area (Å²) in [6.07, 6.45) is 7.80. The van der Waals surface area contributed by atoms with Gasteiger partial charge in [-0.1, -0.05) is 0 Å². The summed E-state index contributed by atoms with van der Waals surface area (Å²) in [6.45, 7) is 2.29. The van der Waals surface area contributed by atoms with Gasteiger partial charge in [0.25, 0.3) is 0 Å². The smallest absolute Gasteiger partial charge is 0.306 e. The average Bonchev–Trinajstić information content (AvgIpc) is 2.36. The number of carbonyl (C=O) groups excluding carboxylic acids is 1. The Labute approximate surface area is 102 Å². The molecule has 0 aromatic carbocycles. The number of rotatable bonds is 4. The molecule has 1 aliphatic carbocycles. The number of hydrogen-bond acceptors (Lipinski definition) is 3. The van der Waals surface area contributed by atoms with Gasteiger partial charge in [0.2, 0.25) is 0 Å². The van der Waals surface area contributed by atoms with E-state index in [1.807, 2.05) is 13.1 Å². The largest absolute Gasteiger partial charge is 0.466 e. The molecule has 3 nitrogen and oxygen atoms in total. The third-order valence-corrected chi connectivity index (χ3v) is 3.24. The lowest BCUT2D eigenvalue weighted by atomic mass is 9.90. The van der Waals surface area contributed by atoms with Gasteiger partial charge in [-0.05, 0) is 49.8 Å². The molecule has 17 heavy (non-hydrogen) atoms. The first-order valence-corrected chi connectivity index (χ1v) is 6.42. The lowest BCUT2D eigenvalue weighted by Gasteiger charge is -2.18. The van der Waals surface area contributed by atoms with Gasteiger partial charge >= 0.3 is 5.97 Å². The molecule has 0 saturated carbocycles. The van der Waals surface area contributed by atoms with Crippen LogP contribution in [-0.2, 0) is 28.8 Å². The maximum atomic E-state index is 11.3. The van der Waals surface area contributed by atoms with Crippen LogP contribution >= 0.6 is 0 Å². The Morgan fingerprint density at radius 2 is 2.24 bits per heavy atom. The molecule has 1 aromatic rings. The van der Waals surface area contributed by atoms with Gasteiger partial charge in [-0.15, -0.1) is 0 Å². The Morgan fingerprint density at radius 3 is 3.06 bits per heavy atom. The molecule has 0 saturated heterocycles. The van der Waals surface area contributed by atoms with E-state index < -0.39 is 0 Å². The van der Waals surface area contributed by atoms with Gasteiger partial charge < -0.3 is 4.74 Å². The van der Waals surface area contributed by atoms with Crippen molar-refractivity contribution in [3.8, 4) is 0 Å². The molecule has 0 bridgehead atoms. The van der Waals surface area contributed by atoms with E-state index in [0.29, 0.717) is 19.4 Å². The van der Waals surface area contributed by atoms with E-state index in [0.717, 1.165) is 18.5 Å². The van der Waals surface area contributed by atoms with Crippen LogP contribution in [0.2, 0.25) is 0 Å². The molecular formula is C14H19NO2. The molecule has 0 radical (unpaired) electrons. The topological polar surface area (TPSA) is 39.2 Å². The quantitative estimate of drug-likeness (QED) is 0.750. The Hall–Kier alpha value is -1.38. The van der Waals surface area contributed by atoms with Crippen LogP contribution < -0.4 is 0 Å². The highest BCUT2D eigenvalue weighted by Gasteiger charge is 2.14. The van der Waals surface area contributed by atoms with Crippen molar-refractivity contribution in [3.63, 3.8) is 0 Å². The second kappa shape index (κ2) is 5.80. The second-order valence-corrected chi connectivity index (χ2v) is 4.41. The van der Waals surface area contributed by atoms with Crippen LogP contribution in [-0.4, -0.2) is 17.6 Å². The molecular weight excluding hydrogens is 214 g/mol. The molecule has 0 unspecified atom stereocenters. The van der Waals surface area contributed by atoms with Crippen molar-refractivity contribution in [2.24, 2.45) is 0 Å². The predicted octanol–water partition coefficient (Wildman–Crippen LogP) is 2.46. The molecule has 1 aliphatic rings. The number of ether oxygens (including phenoxy) is 1. The monoisotopic (exact) mass is 233 g/mol. The van der Waals surface area contributed by atoms with E-state index in [1.54, 1.807) is 0 Å². The maximum absolute atomic E-state index is 11.3. The van der Waals surface area contributed by atoms with Crippen molar-refractivity contribution in [1.82, 2.24) is 4.98 Å². The van der Waals surface area contributed by atoms with E-state index in [9.17, 15) is 4.79 Å².